The Labute approximate surface area is 183 Å². The van der Waals surface area contributed by atoms with Crippen LogP contribution in [0.25, 0.3) is 10.8 Å². The third-order valence-electron chi connectivity index (χ3n) is 5.63. The van der Waals surface area contributed by atoms with Gasteiger partial charge in [0.25, 0.3) is 0 Å². The van der Waals surface area contributed by atoms with Gasteiger partial charge in [-0.3, -0.25) is 9.10 Å². The van der Waals surface area contributed by atoms with Crippen molar-refractivity contribution in [2.45, 2.75) is 12.8 Å². The van der Waals surface area contributed by atoms with Gasteiger partial charge in [0.05, 0.1) is 11.9 Å². The summed E-state index contributed by atoms with van der Waals surface area (Å²) in [6.07, 6.45) is 2.98. The molecule has 6 nitrogen and oxygen atoms in total. The summed E-state index contributed by atoms with van der Waals surface area (Å²) in [4.78, 5) is 14.9. The number of nitrogens with zero attached hydrogens (tertiary/aromatic N) is 2. The highest BCUT2D eigenvalue weighted by Crippen LogP contribution is 2.28. The summed E-state index contributed by atoms with van der Waals surface area (Å²) in [6, 6.07) is 21.4. The molecule has 162 valence electrons. The lowest BCUT2D eigenvalue weighted by Crippen LogP contribution is -2.41. The lowest BCUT2D eigenvalue weighted by atomic mass is 10.1. The van der Waals surface area contributed by atoms with Gasteiger partial charge in [0.1, 0.15) is 6.54 Å². The van der Waals surface area contributed by atoms with Gasteiger partial charge in [0.15, 0.2) is 0 Å². The molecule has 7 heteroatoms. The Bertz CT molecular complexity index is 1190. The van der Waals surface area contributed by atoms with E-state index in [2.05, 4.69) is 28.4 Å². The molecule has 0 radical (unpaired) electrons. The molecule has 0 fully saturated rings. The molecule has 31 heavy (non-hydrogen) atoms. The number of carbonyl (C=O) groups is 1. The van der Waals surface area contributed by atoms with Gasteiger partial charge in [-0.2, -0.15) is 0 Å². The molecule has 1 aliphatic heterocycles. The van der Waals surface area contributed by atoms with Gasteiger partial charge in [-0.25, -0.2) is 8.42 Å². The first kappa shape index (κ1) is 21.2. The zero-order chi connectivity index (χ0) is 21.8. The average molecular weight is 438 g/mol. The van der Waals surface area contributed by atoms with Crippen LogP contribution in [0.1, 0.15) is 12.0 Å². The molecule has 3 aromatic rings. The van der Waals surface area contributed by atoms with Crippen molar-refractivity contribution in [3.05, 3.63) is 72.3 Å². The molecular formula is C24H27N3O3S. The lowest BCUT2D eigenvalue weighted by molar-refractivity contribution is -0.119. The average Bonchev–Trinajstić information content (AvgIpc) is 3.17. The van der Waals surface area contributed by atoms with E-state index in [1.54, 1.807) is 6.07 Å². The molecule has 3 aromatic carbocycles. The van der Waals surface area contributed by atoms with Crippen LogP contribution in [0, 0.1) is 0 Å². The van der Waals surface area contributed by atoms with E-state index in [1.165, 1.54) is 15.6 Å². The monoisotopic (exact) mass is 437 g/mol. The van der Waals surface area contributed by atoms with Crippen LogP contribution in [-0.2, 0) is 21.2 Å². The van der Waals surface area contributed by atoms with Crippen LogP contribution in [-0.4, -0.2) is 46.8 Å². The maximum absolute atomic E-state index is 12.6. The highest BCUT2D eigenvalue weighted by atomic mass is 32.2. The molecular weight excluding hydrogens is 410 g/mol. The van der Waals surface area contributed by atoms with E-state index in [-0.39, 0.29) is 12.5 Å². The number of hydrogen-bond donors (Lipinski definition) is 1. The highest BCUT2D eigenvalue weighted by molar-refractivity contribution is 7.92. The van der Waals surface area contributed by atoms with Crippen molar-refractivity contribution in [3.63, 3.8) is 0 Å². The van der Waals surface area contributed by atoms with Crippen LogP contribution in [0.15, 0.2) is 66.7 Å². The van der Waals surface area contributed by atoms with Crippen molar-refractivity contribution in [2.24, 2.45) is 0 Å². The van der Waals surface area contributed by atoms with E-state index in [1.807, 2.05) is 42.5 Å². The smallest absolute Gasteiger partial charge is 0.240 e. The van der Waals surface area contributed by atoms with Gasteiger partial charge >= 0.3 is 0 Å². The maximum atomic E-state index is 12.6. The molecule has 0 spiro atoms. The van der Waals surface area contributed by atoms with Gasteiger partial charge in [-0.15, -0.1) is 0 Å². The molecule has 0 unspecified atom stereocenters. The second-order valence-electron chi connectivity index (χ2n) is 7.84. The van der Waals surface area contributed by atoms with Gasteiger partial charge in [0, 0.05) is 30.7 Å². The summed E-state index contributed by atoms with van der Waals surface area (Å²) in [6.45, 7) is 2.12. The van der Waals surface area contributed by atoms with Gasteiger partial charge < -0.3 is 10.2 Å². The zero-order valence-corrected chi connectivity index (χ0v) is 18.4. The predicted octanol–water partition coefficient (Wildman–Crippen LogP) is 3.17. The Balaban J connectivity index is 1.37. The number of hydrogen-bond acceptors (Lipinski definition) is 4. The Kier molecular flexibility index (Phi) is 6.13. The first-order valence-electron chi connectivity index (χ1n) is 10.5. The SMILES string of the molecule is CS(=O)(=O)N(CC(=O)NCCCN1CCc2ccccc21)c1cccc2ccccc12. The van der Waals surface area contributed by atoms with E-state index < -0.39 is 10.0 Å². The van der Waals surface area contributed by atoms with E-state index in [0.29, 0.717) is 12.2 Å². The Morgan fingerprint density at radius 1 is 1.03 bits per heavy atom. The van der Waals surface area contributed by atoms with E-state index in [0.717, 1.165) is 43.0 Å². The summed E-state index contributed by atoms with van der Waals surface area (Å²) >= 11 is 0. The fraction of sp³-hybridized carbons (Fsp3) is 0.292. The first-order chi connectivity index (χ1) is 14.9. The molecule has 0 atom stereocenters. The van der Waals surface area contributed by atoms with Gasteiger partial charge in [-0.05, 0) is 35.9 Å². The normalized spacial score (nSPS) is 13.3. The lowest BCUT2D eigenvalue weighted by Gasteiger charge is -2.24. The molecule has 1 aliphatic rings. The second kappa shape index (κ2) is 8.98. The Morgan fingerprint density at radius 2 is 1.77 bits per heavy atom. The van der Waals surface area contributed by atoms with Crippen molar-refractivity contribution in [1.82, 2.24) is 5.32 Å². The molecule has 1 N–H and O–H groups in total. The quantitative estimate of drug-likeness (QED) is 0.550. The summed E-state index contributed by atoms with van der Waals surface area (Å²) in [7, 11) is -3.62. The van der Waals surface area contributed by atoms with E-state index >= 15 is 0 Å². The summed E-state index contributed by atoms with van der Waals surface area (Å²) in [5.41, 5.74) is 3.16. The number of fused-ring (bicyclic) bond motifs is 2. The van der Waals surface area contributed by atoms with Crippen LogP contribution in [0.3, 0.4) is 0 Å². The third kappa shape index (κ3) is 4.82. The van der Waals surface area contributed by atoms with Crippen LogP contribution < -0.4 is 14.5 Å². The van der Waals surface area contributed by atoms with Crippen LogP contribution in [0.2, 0.25) is 0 Å². The summed E-state index contributed by atoms with van der Waals surface area (Å²) < 4.78 is 26.1. The highest BCUT2D eigenvalue weighted by Gasteiger charge is 2.22. The first-order valence-corrected chi connectivity index (χ1v) is 12.3. The minimum absolute atomic E-state index is 0.237. The molecule has 0 saturated heterocycles. The largest absolute Gasteiger partial charge is 0.371 e. The number of para-hydroxylation sites is 1. The molecule has 4 rings (SSSR count). The van der Waals surface area contributed by atoms with Crippen molar-refractivity contribution >= 4 is 38.1 Å². The molecule has 0 aromatic heterocycles. The molecule has 1 amide bonds. The standard InChI is InChI=1S/C24H27N3O3S/c1-31(29,30)27(23-13-6-10-19-8-2-4-11-21(19)23)18-24(28)25-15-7-16-26-17-14-20-9-3-5-12-22(20)26/h2-6,8-13H,7,14-18H2,1H3,(H,25,28). The zero-order valence-electron chi connectivity index (χ0n) is 17.6. The Morgan fingerprint density at radius 3 is 2.61 bits per heavy atom. The van der Waals surface area contributed by atoms with E-state index in [4.69, 9.17) is 0 Å². The number of sulfonamides is 1. The molecule has 0 bridgehead atoms. The number of rotatable bonds is 8. The van der Waals surface area contributed by atoms with Crippen molar-refractivity contribution in [3.8, 4) is 0 Å². The van der Waals surface area contributed by atoms with Crippen LogP contribution >= 0.6 is 0 Å². The minimum atomic E-state index is -3.62. The second-order valence-corrected chi connectivity index (χ2v) is 9.74. The summed E-state index contributed by atoms with van der Waals surface area (Å²) in [5, 5.41) is 4.61. The summed E-state index contributed by atoms with van der Waals surface area (Å²) in [5.74, 6) is -0.305. The molecule has 0 aliphatic carbocycles. The van der Waals surface area contributed by atoms with Crippen molar-refractivity contribution in [2.75, 3.05) is 41.6 Å². The Hall–Kier alpha value is -3.06. The van der Waals surface area contributed by atoms with Crippen molar-refractivity contribution < 1.29 is 13.2 Å². The van der Waals surface area contributed by atoms with Gasteiger partial charge in [-0.1, -0.05) is 54.6 Å². The topological polar surface area (TPSA) is 69.7 Å². The third-order valence-corrected chi connectivity index (χ3v) is 6.76. The number of nitrogens with one attached hydrogen (secondary N) is 1. The predicted molar refractivity (Wildman–Crippen MR) is 126 cm³/mol. The minimum Gasteiger partial charge on any atom is -0.371 e. The fourth-order valence-corrected chi connectivity index (χ4v) is 5.00. The maximum Gasteiger partial charge on any atom is 0.240 e. The molecule has 0 saturated carbocycles. The molecule has 1 heterocycles. The number of anilines is 2. The van der Waals surface area contributed by atoms with Crippen LogP contribution in [0.5, 0.6) is 0 Å². The number of amides is 1. The van der Waals surface area contributed by atoms with Gasteiger partial charge in [0.2, 0.25) is 15.9 Å². The van der Waals surface area contributed by atoms with E-state index in [9.17, 15) is 13.2 Å². The van der Waals surface area contributed by atoms with Crippen molar-refractivity contribution in [1.29, 1.82) is 0 Å². The van der Waals surface area contributed by atoms with Crippen LogP contribution in [0.4, 0.5) is 11.4 Å². The number of benzene rings is 3. The fourth-order valence-electron chi connectivity index (χ4n) is 4.13. The number of carbonyl (C=O) groups excluding carboxylic acids is 1.